The van der Waals surface area contributed by atoms with Gasteiger partial charge in [0.05, 0.1) is 0 Å². The second kappa shape index (κ2) is 13.1. The van der Waals surface area contributed by atoms with Gasteiger partial charge in [0.15, 0.2) is 5.96 Å². The van der Waals surface area contributed by atoms with E-state index in [9.17, 15) is 9.59 Å². The quantitative estimate of drug-likeness (QED) is 0.235. The zero-order valence-electron chi connectivity index (χ0n) is 17.9. The van der Waals surface area contributed by atoms with Crippen LogP contribution >= 0.6 is 24.0 Å². The molecule has 2 N–H and O–H groups in total. The number of nitrogens with zero attached hydrogens (tertiary/aromatic N) is 2. The maximum absolute atomic E-state index is 11.9. The zero-order chi connectivity index (χ0) is 21.2. The van der Waals surface area contributed by atoms with Gasteiger partial charge in [0.1, 0.15) is 0 Å². The molecule has 1 heterocycles. The average Bonchev–Trinajstić information content (AvgIpc) is 2.78. The number of halogens is 1. The Morgan fingerprint density at radius 2 is 1.42 bits per heavy atom. The Kier molecular flexibility index (Phi) is 10.5. The van der Waals surface area contributed by atoms with Crippen LogP contribution in [0.5, 0.6) is 0 Å². The molecular formula is C24H31IN4O2. The molecule has 0 atom stereocenters. The van der Waals surface area contributed by atoms with Crippen LogP contribution in [0.2, 0.25) is 0 Å². The van der Waals surface area contributed by atoms with E-state index in [1.807, 2.05) is 12.1 Å². The molecule has 166 valence electrons. The molecule has 0 bridgehead atoms. The van der Waals surface area contributed by atoms with Crippen LogP contribution in [0.1, 0.15) is 42.7 Å². The molecule has 3 rings (SSSR count). The minimum Gasteiger partial charge on any atom is -0.356 e. The summed E-state index contributed by atoms with van der Waals surface area (Å²) < 4.78 is 0. The molecule has 0 unspecified atom stereocenters. The van der Waals surface area contributed by atoms with Crippen molar-refractivity contribution in [2.75, 3.05) is 26.7 Å². The SMILES string of the molecule is CN=C(NCCC(c1ccccc1)c1ccccc1)NCCN1C(=O)CCCC1=O.I. The minimum absolute atomic E-state index is 0. The van der Waals surface area contributed by atoms with Crippen molar-refractivity contribution >= 4 is 41.8 Å². The van der Waals surface area contributed by atoms with Crippen LogP contribution in [0.15, 0.2) is 65.7 Å². The van der Waals surface area contributed by atoms with Crippen molar-refractivity contribution in [3.05, 3.63) is 71.8 Å². The summed E-state index contributed by atoms with van der Waals surface area (Å²) >= 11 is 0. The fourth-order valence-electron chi connectivity index (χ4n) is 3.79. The number of nitrogens with one attached hydrogen (secondary N) is 2. The fourth-order valence-corrected chi connectivity index (χ4v) is 3.79. The van der Waals surface area contributed by atoms with E-state index < -0.39 is 0 Å². The molecule has 0 spiro atoms. The van der Waals surface area contributed by atoms with E-state index in [-0.39, 0.29) is 35.8 Å². The van der Waals surface area contributed by atoms with Crippen LogP contribution < -0.4 is 10.6 Å². The van der Waals surface area contributed by atoms with Crippen molar-refractivity contribution in [2.24, 2.45) is 4.99 Å². The largest absolute Gasteiger partial charge is 0.356 e. The van der Waals surface area contributed by atoms with Crippen LogP contribution in [0.4, 0.5) is 0 Å². The van der Waals surface area contributed by atoms with Gasteiger partial charge >= 0.3 is 0 Å². The summed E-state index contributed by atoms with van der Waals surface area (Å²) in [7, 11) is 1.72. The number of carbonyl (C=O) groups is 2. The topological polar surface area (TPSA) is 73.8 Å². The number of amides is 2. The van der Waals surface area contributed by atoms with Gasteiger partial charge in [0.2, 0.25) is 11.8 Å². The molecule has 2 amide bonds. The van der Waals surface area contributed by atoms with Gasteiger partial charge in [0, 0.05) is 45.4 Å². The molecule has 1 fully saturated rings. The highest BCUT2D eigenvalue weighted by Gasteiger charge is 2.25. The van der Waals surface area contributed by atoms with Crippen molar-refractivity contribution in [3.63, 3.8) is 0 Å². The summed E-state index contributed by atoms with van der Waals surface area (Å²) in [6.07, 6.45) is 2.49. The Morgan fingerprint density at radius 1 is 0.903 bits per heavy atom. The molecule has 1 aliphatic rings. The Hall–Kier alpha value is -2.42. The van der Waals surface area contributed by atoms with E-state index in [1.165, 1.54) is 16.0 Å². The number of benzene rings is 2. The molecule has 0 aromatic heterocycles. The van der Waals surface area contributed by atoms with Crippen LogP contribution in [-0.2, 0) is 9.59 Å². The van der Waals surface area contributed by atoms with Crippen LogP contribution in [0, 0.1) is 0 Å². The monoisotopic (exact) mass is 534 g/mol. The number of carbonyl (C=O) groups excluding carboxylic acids is 2. The third-order valence-corrected chi connectivity index (χ3v) is 5.36. The number of aliphatic imine (C=N–C) groups is 1. The van der Waals surface area contributed by atoms with Gasteiger partial charge in [-0.3, -0.25) is 19.5 Å². The maximum atomic E-state index is 11.9. The van der Waals surface area contributed by atoms with Gasteiger partial charge in [-0.05, 0) is 24.0 Å². The first kappa shape index (κ1) is 24.8. The minimum atomic E-state index is -0.0791. The number of imide groups is 1. The lowest BCUT2D eigenvalue weighted by Gasteiger charge is -2.25. The van der Waals surface area contributed by atoms with E-state index in [4.69, 9.17) is 0 Å². The standard InChI is InChI=1S/C24H30N4O2.HI/c1-25-24(27-17-18-28-22(29)13-8-14-23(28)30)26-16-15-21(19-9-4-2-5-10-19)20-11-6-3-7-12-20;/h2-7,9-12,21H,8,13-18H2,1H3,(H2,25,26,27);1H. The highest BCUT2D eigenvalue weighted by atomic mass is 127. The Labute approximate surface area is 201 Å². The van der Waals surface area contributed by atoms with Gasteiger partial charge in [0.25, 0.3) is 0 Å². The van der Waals surface area contributed by atoms with Gasteiger partial charge in [-0.15, -0.1) is 24.0 Å². The Morgan fingerprint density at radius 3 is 1.94 bits per heavy atom. The number of hydrogen-bond donors (Lipinski definition) is 2. The number of piperidine rings is 1. The van der Waals surface area contributed by atoms with Crippen LogP contribution in [-0.4, -0.2) is 49.4 Å². The fraction of sp³-hybridized carbons (Fsp3) is 0.375. The molecular weight excluding hydrogens is 503 g/mol. The number of rotatable bonds is 8. The summed E-state index contributed by atoms with van der Waals surface area (Å²) in [6.45, 7) is 1.60. The zero-order valence-corrected chi connectivity index (χ0v) is 20.3. The normalized spacial score (nSPS) is 14.4. The lowest BCUT2D eigenvalue weighted by molar-refractivity contribution is -0.147. The van der Waals surface area contributed by atoms with Gasteiger partial charge in [-0.1, -0.05) is 60.7 Å². The summed E-state index contributed by atoms with van der Waals surface area (Å²) in [5.74, 6) is 0.808. The maximum Gasteiger partial charge on any atom is 0.229 e. The molecule has 0 radical (unpaired) electrons. The first-order valence-corrected chi connectivity index (χ1v) is 10.6. The Balaban J connectivity index is 0.00000341. The number of likely N-dealkylation sites (tertiary alicyclic amines) is 1. The van der Waals surface area contributed by atoms with Crippen molar-refractivity contribution in [3.8, 4) is 0 Å². The predicted octanol–water partition coefficient (Wildman–Crippen LogP) is 3.53. The molecule has 31 heavy (non-hydrogen) atoms. The molecule has 7 heteroatoms. The third kappa shape index (κ3) is 7.34. The first-order chi connectivity index (χ1) is 14.7. The molecule has 2 aromatic rings. The van der Waals surface area contributed by atoms with E-state index in [1.54, 1.807) is 7.05 Å². The predicted molar refractivity (Wildman–Crippen MR) is 135 cm³/mol. The van der Waals surface area contributed by atoms with Gasteiger partial charge in [-0.25, -0.2) is 0 Å². The van der Waals surface area contributed by atoms with Crippen molar-refractivity contribution in [1.29, 1.82) is 0 Å². The third-order valence-electron chi connectivity index (χ3n) is 5.36. The van der Waals surface area contributed by atoms with E-state index in [2.05, 4.69) is 64.2 Å². The van der Waals surface area contributed by atoms with E-state index in [0.717, 1.165) is 13.0 Å². The number of guanidine groups is 1. The molecule has 1 saturated heterocycles. The summed E-state index contributed by atoms with van der Waals surface area (Å²) in [6, 6.07) is 21.0. The Bertz CT molecular complexity index is 803. The smallest absolute Gasteiger partial charge is 0.229 e. The number of hydrogen-bond acceptors (Lipinski definition) is 3. The molecule has 2 aromatic carbocycles. The summed E-state index contributed by atoms with van der Waals surface area (Å²) in [5, 5.41) is 6.55. The lowest BCUT2D eigenvalue weighted by Crippen LogP contribution is -2.46. The van der Waals surface area contributed by atoms with E-state index >= 15 is 0 Å². The highest BCUT2D eigenvalue weighted by molar-refractivity contribution is 14.0. The van der Waals surface area contributed by atoms with Gasteiger partial charge in [-0.2, -0.15) is 0 Å². The van der Waals surface area contributed by atoms with Gasteiger partial charge < -0.3 is 10.6 Å². The molecule has 0 saturated carbocycles. The van der Waals surface area contributed by atoms with Crippen molar-refractivity contribution in [2.45, 2.75) is 31.6 Å². The molecule has 6 nitrogen and oxygen atoms in total. The average molecular weight is 534 g/mol. The first-order valence-electron chi connectivity index (χ1n) is 10.6. The van der Waals surface area contributed by atoms with Crippen LogP contribution in [0.3, 0.4) is 0 Å². The van der Waals surface area contributed by atoms with Crippen LogP contribution in [0.25, 0.3) is 0 Å². The lowest BCUT2D eigenvalue weighted by atomic mass is 9.88. The summed E-state index contributed by atoms with van der Waals surface area (Å²) in [5.41, 5.74) is 2.58. The summed E-state index contributed by atoms with van der Waals surface area (Å²) in [4.78, 5) is 29.4. The van der Waals surface area contributed by atoms with Crippen molar-refractivity contribution < 1.29 is 9.59 Å². The van der Waals surface area contributed by atoms with E-state index in [0.29, 0.717) is 44.2 Å². The highest BCUT2D eigenvalue weighted by Crippen LogP contribution is 2.27. The molecule has 0 aliphatic carbocycles. The molecule has 1 aliphatic heterocycles. The van der Waals surface area contributed by atoms with Crippen molar-refractivity contribution in [1.82, 2.24) is 15.5 Å². The second-order valence-electron chi connectivity index (χ2n) is 7.38. The second-order valence-corrected chi connectivity index (χ2v) is 7.38.